The van der Waals surface area contributed by atoms with Crippen LogP contribution in [0.5, 0.6) is 0 Å². The number of hydrogen-bond acceptors (Lipinski definition) is 5. The van der Waals surface area contributed by atoms with Crippen LogP contribution in [0.25, 0.3) is 0 Å². The Kier molecular flexibility index (Phi) is 5.45. The van der Waals surface area contributed by atoms with Crippen LogP contribution in [-0.2, 0) is 14.3 Å². The van der Waals surface area contributed by atoms with E-state index in [9.17, 15) is 14.4 Å². The number of carboxylic acids is 1. The minimum atomic E-state index is -1.22. The second-order valence-electron chi connectivity index (χ2n) is 5.46. The number of carboxylic acid groups (broad SMARTS) is 1. The van der Waals surface area contributed by atoms with E-state index < -0.39 is 29.5 Å². The van der Waals surface area contributed by atoms with Gasteiger partial charge in [0, 0.05) is 12.6 Å². The topological polar surface area (TPSA) is 121 Å². The number of hydrogen-bond donors (Lipinski definition) is 3. The fourth-order valence-electron chi connectivity index (χ4n) is 1.53. The van der Waals surface area contributed by atoms with E-state index in [1.807, 2.05) is 0 Å². The SMILES string of the molecule is CC(C)(C)OC(=O)CC[C@@H](NC(=O)c1ccn[nH]1)C(=O)O. The first-order chi connectivity index (χ1) is 9.69. The number of ether oxygens (including phenoxy) is 1. The van der Waals surface area contributed by atoms with Crippen LogP contribution in [0.2, 0.25) is 0 Å². The number of carbonyl (C=O) groups excluding carboxylic acids is 2. The van der Waals surface area contributed by atoms with Crippen molar-refractivity contribution in [3.05, 3.63) is 18.0 Å². The van der Waals surface area contributed by atoms with E-state index in [0.29, 0.717) is 0 Å². The van der Waals surface area contributed by atoms with E-state index in [-0.39, 0.29) is 18.5 Å². The van der Waals surface area contributed by atoms with Gasteiger partial charge in [-0.1, -0.05) is 0 Å². The number of aromatic amines is 1. The first kappa shape index (κ1) is 16.7. The Morgan fingerprint density at radius 3 is 2.57 bits per heavy atom. The Balaban J connectivity index is 2.53. The van der Waals surface area contributed by atoms with E-state index in [1.165, 1.54) is 12.3 Å². The van der Waals surface area contributed by atoms with Crippen molar-refractivity contribution in [2.75, 3.05) is 0 Å². The minimum absolute atomic E-state index is 0.0515. The third-order valence-corrected chi connectivity index (χ3v) is 2.41. The molecule has 8 nitrogen and oxygen atoms in total. The molecule has 1 rings (SSSR count). The Hall–Kier alpha value is -2.38. The Morgan fingerprint density at radius 1 is 1.43 bits per heavy atom. The van der Waals surface area contributed by atoms with Crippen LogP contribution >= 0.6 is 0 Å². The van der Waals surface area contributed by atoms with Gasteiger partial charge in [0.25, 0.3) is 5.91 Å². The minimum Gasteiger partial charge on any atom is -0.480 e. The number of carbonyl (C=O) groups is 3. The molecule has 1 atom stereocenters. The predicted octanol–water partition coefficient (Wildman–Crippen LogP) is 0.715. The van der Waals surface area contributed by atoms with Crippen molar-refractivity contribution in [2.24, 2.45) is 0 Å². The molecule has 1 amide bonds. The fourth-order valence-corrected chi connectivity index (χ4v) is 1.53. The van der Waals surface area contributed by atoms with Crippen LogP contribution in [0.1, 0.15) is 44.1 Å². The second kappa shape index (κ2) is 6.87. The fraction of sp³-hybridized carbons (Fsp3) is 0.538. The van der Waals surface area contributed by atoms with Gasteiger partial charge in [0.05, 0.1) is 0 Å². The number of nitrogens with zero attached hydrogens (tertiary/aromatic N) is 1. The zero-order valence-electron chi connectivity index (χ0n) is 12.2. The van der Waals surface area contributed by atoms with Crippen molar-refractivity contribution in [3.63, 3.8) is 0 Å². The maximum absolute atomic E-state index is 11.7. The van der Waals surface area contributed by atoms with Crippen molar-refractivity contribution in [1.29, 1.82) is 0 Å². The summed E-state index contributed by atoms with van der Waals surface area (Å²) >= 11 is 0. The molecule has 21 heavy (non-hydrogen) atoms. The van der Waals surface area contributed by atoms with Crippen molar-refractivity contribution in [2.45, 2.75) is 45.3 Å². The average molecular weight is 297 g/mol. The number of esters is 1. The van der Waals surface area contributed by atoms with Gasteiger partial charge in [-0.2, -0.15) is 5.10 Å². The molecule has 1 heterocycles. The Labute approximate surface area is 121 Å². The van der Waals surface area contributed by atoms with Gasteiger partial charge in [-0.25, -0.2) is 4.79 Å². The molecule has 1 aromatic rings. The molecule has 0 aliphatic carbocycles. The molecular weight excluding hydrogens is 278 g/mol. The average Bonchev–Trinajstić information content (AvgIpc) is 2.85. The normalized spacial score (nSPS) is 12.5. The summed E-state index contributed by atoms with van der Waals surface area (Å²) in [6.07, 6.45) is 1.23. The van der Waals surface area contributed by atoms with Crippen LogP contribution in [0.3, 0.4) is 0 Å². The molecule has 0 saturated heterocycles. The van der Waals surface area contributed by atoms with Crippen molar-refractivity contribution in [3.8, 4) is 0 Å². The van der Waals surface area contributed by atoms with Crippen molar-refractivity contribution in [1.82, 2.24) is 15.5 Å². The lowest BCUT2D eigenvalue weighted by atomic mass is 10.1. The molecule has 0 saturated carbocycles. The van der Waals surface area contributed by atoms with Gasteiger partial charge in [-0.3, -0.25) is 14.7 Å². The molecule has 116 valence electrons. The monoisotopic (exact) mass is 297 g/mol. The molecule has 0 fully saturated rings. The molecule has 0 radical (unpaired) electrons. The van der Waals surface area contributed by atoms with E-state index in [4.69, 9.17) is 9.84 Å². The molecule has 0 spiro atoms. The number of rotatable bonds is 6. The van der Waals surface area contributed by atoms with Gasteiger partial charge in [-0.05, 0) is 33.3 Å². The van der Waals surface area contributed by atoms with Crippen LogP contribution in [0, 0.1) is 0 Å². The number of H-pyrrole nitrogens is 1. The number of nitrogens with one attached hydrogen (secondary N) is 2. The standard InChI is InChI=1S/C13H19N3O5/c1-13(2,3)21-10(17)5-4-9(12(19)20)15-11(18)8-6-7-14-16-8/h6-7,9H,4-5H2,1-3H3,(H,14,16)(H,15,18)(H,19,20)/t9-/m1/s1. The molecule has 0 aromatic carbocycles. The van der Waals surface area contributed by atoms with Crippen molar-refractivity contribution < 1.29 is 24.2 Å². The Morgan fingerprint density at radius 2 is 2.10 bits per heavy atom. The second-order valence-corrected chi connectivity index (χ2v) is 5.46. The zero-order valence-corrected chi connectivity index (χ0v) is 12.2. The summed E-state index contributed by atoms with van der Waals surface area (Å²) in [5.74, 6) is -2.32. The lowest BCUT2D eigenvalue weighted by Crippen LogP contribution is -2.41. The number of aromatic nitrogens is 2. The van der Waals surface area contributed by atoms with Crippen LogP contribution in [0.15, 0.2) is 12.3 Å². The molecule has 0 aliphatic heterocycles. The Bertz CT molecular complexity index is 504. The van der Waals surface area contributed by atoms with Gasteiger partial charge in [0.1, 0.15) is 17.3 Å². The first-order valence-electron chi connectivity index (χ1n) is 6.44. The maximum atomic E-state index is 11.7. The molecule has 8 heteroatoms. The third-order valence-electron chi connectivity index (χ3n) is 2.41. The highest BCUT2D eigenvalue weighted by Crippen LogP contribution is 2.10. The molecule has 1 aromatic heterocycles. The highest BCUT2D eigenvalue weighted by Gasteiger charge is 2.24. The lowest BCUT2D eigenvalue weighted by Gasteiger charge is -2.20. The summed E-state index contributed by atoms with van der Waals surface area (Å²) in [6.45, 7) is 5.17. The summed E-state index contributed by atoms with van der Waals surface area (Å²) in [7, 11) is 0. The molecule has 0 bridgehead atoms. The van der Waals surface area contributed by atoms with Gasteiger partial charge >= 0.3 is 11.9 Å². The van der Waals surface area contributed by atoms with E-state index >= 15 is 0 Å². The van der Waals surface area contributed by atoms with Gasteiger partial charge in [0.15, 0.2) is 0 Å². The van der Waals surface area contributed by atoms with Crippen LogP contribution in [0.4, 0.5) is 0 Å². The quantitative estimate of drug-likeness (QED) is 0.665. The smallest absolute Gasteiger partial charge is 0.326 e. The summed E-state index contributed by atoms with van der Waals surface area (Å²) < 4.78 is 5.08. The summed E-state index contributed by atoms with van der Waals surface area (Å²) in [5.41, 5.74) is -0.479. The molecule has 0 aliphatic rings. The van der Waals surface area contributed by atoms with E-state index in [0.717, 1.165) is 0 Å². The zero-order chi connectivity index (χ0) is 16.0. The van der Waals surface area contributed by atoms with Crippen molar-refractivity contribution >= 4 is 17.8 Å². The lowest BCUT2D eigenvalue weighted by molar-refractivity contribution is -0.155. The summed E-state index contributed by atoms with van der Waals surface area (Å²) in [5, 5.41) is 17.4. The highest BCUT2D eigenvalue weighted by atomic mass is 16.6. The van der Waals surface area contributed by atoms with Gasteiger partial charge in [0.2, 0.25) is 0 Å². The number of aliphatic carboxylic acids is 1. The summed E-state index contributed by atoms with van der Waals surface area (Å²) in [4.78, 5) is 34.4. The highest BCUT2D eigenvalue weighted by molar-refractivity contribution is 5.94. The number of amides is 1. The summed E-state index contributed by atoms with van der Waals surface area (Å²) in [6, 6.07) is 0.246. The third kappa shape index (κ3) is 6.07. The molecular formula is C13H19N3O5. The predicted molar refractivity (Wildman–Crippen MR) is 72.6 cm³/mol. The van der Waals surface area contributed by atoms with Gasteiger partial charge in [-0.15, -0.1) is 0 Å². The largest absolute Gasteiger partial charge is 0.480 e. The van der Waals surface area contributed by atoms with E-state index in [1.54, 1.807) is 20.8 Å². The molecule has 3 N–H and O–H groups in total. The molecule has 0 unspecified atom stereocenters. The first-order valence-corrected chi connectivity index (χ1v) is 6.44. The van der Waals surface area contributed by atoms with Gasteiger partial charge < -0.3 is 15.2 Å². The van der Waals surface area contributed by atoms with E-state index in [2.05, 4.69) is 15.5 Å². The van der Waals surface area contributed by atoms with Crippen LogP contribution < -0.4 is 5.32 Å². The van der Waals surface area contributed by atoms with Crippen LogP contribution in [-0.4, -0.2) is 44.8 Å². The maximum Gasteiger partial charge on any atom is 0.326 e.